The lowest BCUT2D eigenvalue weighted by Crippen LogP contribution is -2.41. The molecule has 1 aliphatic heterocycles. The summed E-state index contributed by atoms with van der Waals surface area (Å²) < 4.78 is 10.9. The summed E-state index contributed by atoms with van der Waals surface area (Å²) in [4.78, 5) is 17.5. The van der Waals surface area contributed by atoms with Crippen LogP contribution in [0.5, 0.6) is 0 Å². The fourth-order valence-corrected chi connectivity index (χ4v) is 3.83. The van der Waals surface area contributed by atoms with Crippen molar-refractivity contribution in [3.8, 4) is 0 Å². The number of likely N-dealkylation sites (tertiary alicyclic amines) is 1. The maximum absolute atomic E-state index is 13.2. The number of nitrogens with zero attached hydrogens (tertiary/aromatic N) is 2. The Morgan fingerprint density at radius 3 is 2.04 bits per heavy atom. The van der Waals surface area contributed by atoms with Crippen molar-refractivity contribution in [1.29, 1.82) is 0 Å². The highest BCUT2D eigenvalue weighted by Crippen LogP contribution is 2.23. The van der Waals surface area contributed by atoms with Gasteiger partial charge in [-0.15, -0.1) is 0 Å². The van der Waals surface area contributed by atoms with Crippen LogP contribution in [0.2, 0.25) is 0 Å². The number of piperidine rings is 1. The van der Waals surface area contributed by atoms with Crippen molar-refractivity contribution in [3.63, 3.8) is 0 Å². The SMILES string of the molecule is O=C(C1CCN(Cc2ccccc2)CC1)N(Cc1ccco1)Cc1ccco1. The number of hydrogen-bond donors (Lipinski definition) is 0. The molecule has 1 aliphatic rings. The average Bonchev–Trinajstić information content (AvgIpc) is 3.43. The lowest BCUT2D eigenvalue weighted by molar-refractivity contribution is -0.139. The number of hydrogen-bond acceptors (Lipinski definition) is 4. The topological polar surface area (TPSA) is 49.8 Å². The molecular weight excluding hydrogens is 352 g/mol. The Balaban J connectivity index is 1.36. The van der Waals surface area contributed by atoms with Gasteiger partial charge in [-0.3, -0.25) is 9.69 Å². The maximum Gasteiger partial charge on any atom is 0.226 e. The summed E-state index contributed by atoms with van der Waals surface area (Å²) in [6.07, 6.45) is 5.07. The Kier molecular flexibility index (Phi) is 5.92. The number of benzene rings is 1. The third-order valence-electron chi connectivity index (χ3n) is 5.35. The van der Waals surface area contributed by atoms with Crippen molar-refractivity contribution in [2.75, 3.05) is 13.1 Å². The molecule has 0 atom stereocenters. The smallest absolute Gasteiger partial charge is 0.226 e. The first-order chi connectivity index (χ1) is 13.8. The molecule has 1 fully saturated rings. The minimum Gasteiger partial charge on any atom is -0.467 e. The van der Waals surface area contributed by atoms with Gasteiger partial charge < -0.3 is 13.7 Å². The zero-order valence-corrected chi connectivity index (χ0v) is 16.0. The highest BCUT2D eigenvalue weighted by molar-refractivity contribution is 5.78. The summed E-state index contributed by atoms with van der Waals surface area (Å²) >= 11 is 0. The molecule has 3 heterocycles. The van der Waals surface area contributed by atoms with Crippen LogP contribution in [0.1, 0.15) is 29.9 Å². The second-order valence-electron chi connectivity index (χ2n) is 7.39. The lowest BCUT2D eigenvalue weighted by atomic mass is 9.94. The number of carbonyl (C=O) groups is 1. The Morgan fingerprint density at radius 1 is 0.893 bits per heavy atom. The van der Waals surface area contributed by atoms with Crippen LogP contribution in [0.25, 0.3) is 0 Å². The van der Waals surface area contributed by atoms with Gasteiger partial charge in [0.1, 0.15) is 11.5 Å². The van der Waals surface area contributed by atoms with Gasteiger partial charge in [0.25, 0.3) is 0 Å². The summed E-state index contributed by atoms with van der Waals surface area (Å²) in [6.45, 7) is 3.78. The Labute approximate surface area is 165 Å². The van der Waals surface area contributed by atoms with E-state index in [0.29, 0.717) is 13.1 Å². The van der Waals surface area contributed by atoms with Crippen LogP contribution in [-0.4, -0.2) is 28.8 Å². The first kappa shape index (κ1) is 18.6. The molecule has 1 amide bonds. The van der Waals surface area contributed by atoms with Gasteiger partial charge in [-0.2, -0.15) is 0 Å². The minimum absolute atomic E-state index is 0.0527. The fraction of sp³-hybridized carbons (Fsp3) is 0.348. The number of carbonyl (C=O) groups excluding carboxylic acids is 1. The Hall–Kier alpha value is -2.79. The lowest BCUT2D eigenvalue weighted by Gasteiger charge is -2.34. The summed E-state index contributed by atoms with van der Waals surface area (Å²) in [6, 6.07) is 18.0. The monoisotopic (exact) mass is 378 g/mol. The molecule has 3 aromatic rings. The van der Waals surface area contributed by atoms with Gasteiger partial charge >= 0.3 is 0 Å². The van der Waals surface area contributed by atoms with E-state index < -0.39 is 0 Å². The van der Waals surface area contributed by atoms with Gasteiger partial charge in [-0.1, -0.05) is 30.3 Å². The third kappa shape index (κ3) is 4.73. The minimum atomic E-state index is 0.0527. The van der Waals surface area contributed by atoms with E-state index in [1.54, 1.807) is 12.5 Å². The zero-order chi connectivity index (χ0) is 19.2. The molecule has 0 bridgehead atoms. The van der Waals surface area contributed by atoms with Crippen LogP contribution in [0.15, 0.2) is 76.0 Å². The van der Waals surface area contributed by atoms with E-state index in [-0.39, 0.29) is 11.8 Å². The largest absolute Gasteiger partial charge is 0.467 e. The van der Waals surface area contributed by atoms with Crippen molar-refractivity contribution in [3.05, 3.63) is 84.2 Å². The zero-order valence-electron chi connectivity index (χ0n) is 16.0. The van der Waals surface area contributed by atoms with E-state index in [0.717, 1.165) is 44.0 Å². The van der Waals surface area contributed by atoms with Crippen molar-refractivity contribution in [2.24, 2.45) is 5.92 Å². The fourth-order valence-electron chi connectivity index (χ4n) is 3.83. The Morgan fingerprint density at radius 2 is 1.50 bits per heavy atom. The molecule has 0 unspecified atom stereocenters. The first-order valence-corrected chi connectivity index (χ1v) is 9.88. The van der Waals surface area contributed by atoms with Gasteiger partial charge in [0.05, 0.1) is 25.6 Å². The van der Waals surface area contributed by atoms with Crippen molar-refractivity contribution < 1.29 is 13.6 Å². The van der Waals surface area contributed by atoms with Crippen LogP contribution in [0, 0.1) is 5.92 Å². The van der Waals surface area contributed by atoms with Crippen molar-refractivity contribution >= 4 is 5.91 Å². The second kappa shape index (κ2) is 8.93. The van der Waals surface area contributed by atoms with Crippen LogP contribution >= 0.6 is 0 Å². The highest BCUT2D eigenvalue weighted by atomic mass is 16.3. The molecule has 5 heteroatoms. The average molecular weight is 378 g/mol. The van der Waals surface area contributed by atoms with Gasteiger partial charge in [-0.25, -0.2) is 0 Å². The van der Waals surface area contributed by atoms with Crippen molar-refractivity contribution in [1.82, 2.24) is 9.80 Å². The van der Waals surface area contributed by atoms with Gasteiger partial charge in [0, 0.05) is 12.5 Å². The summed E-state index contributed by atoms with van der Waals surface area (Å²) in [7, 11) is 0. The molecule has 2 aromatic heterocycles. The molecule has 146 valence electrons. The number of rotatable bonds is 7. The molecule has 0 N–H and O–H groups in total. The van der Waals surface area contributed by atoms with Crippen LogP contribution in [0.4, 0.5) is 0 Å². The molecule has 0 spiro atoms. The molecular formula is C23H26N2O3. The standard InChI is InChI=1S/C23H26N2O3/c26-23(20-10-12-24(13-11-20)16-19-6-2-1-3-7-19)25(17-21-8-4-14-27-21)18-22-9-5-15-28-22/h1-9,14-15,20H,10-13,16-18H2. The first-order valence-electron chi connectivity index (χ1n) is 9.88. The normalized spacial score (nSPS) is 15.6. The van der Waals surface area contributed by atoms with E-state index in [9.17, 15) is 4.79 Å². The number of amides is 1. The molecule has 0 aliphatic carbocycles. The summed E-state index contributed by atoms with van der Waals surface area (Å²) in [5.74, 6) is 1.83. The molecule has 4 rings (SSSR count). The quantitative estimate of drug-likeness (QED) is 0.615. The summed E-state index contributed by atoms with van der Waals surface area (Å²) in [5, 5.41) is 0. The summed E-state index contributed by atoms with van der Waals surface area (Å²) in [5.41, 5.74) is 1.32. The van der Waals surface area contributed by atoms with Crippen molar-refractivity contribution in [2.45, 2.75) is 32.5 Å². The van der Waals surface area contributed by atoms with Gasteiger partial charge in [-0.05, 0) is 55.8 Å². The predicted octanol–water partition coefficient (Wildman–Crippen LogP) is 4.31. The van der Waals surface area contributed by atoms with E-state index in [4.69, 9.17) is 8.83 Å². The van der Waals surface area contributed by atoms with Gasteiger partial charge in [0.2, 0.25) is 5.91 Å². The molecule has 0 radical (unpaired) electrons. The highest BCUT2D eigenvalue weighted by Gasteiger charge is 2.29. The predicted molar refractivity (Wildman–Crippen MR) is 106 cm³/mol. The molecule has 5 nitrogen and oxygen atoms in total. The van der Waals surface area contributed by atoms with E-state index >= 15 is 0 Å². The van der Waals surface area contributed by atoms with E-state index in [1.807, 2.05) is 35.2 Å². The Bertz CT molecular complexity index is 799. The van der Waals surface area contributed by atoms with Crippen LogP contribution in [-0.2, 0) is 24.4 Å². The van der Waals surface area contributed by atoms with Crippen LogP contribution < -0.4 is 0 Å². The number of furan rings is 2. The third-order valence-corrected chi connectivity index (χ3v) is 5.35. The molecule has 0 saturated carbocycles. The maximum atomic E-state index is 13.2. The molecule has 1 aromatic carbocycles. The molecule has 1 saturated heterocycles. The van der Waals surface area contributed by atoms with Gasteiger partial charge in [0.15, 0.2) is 0 Å². The van der Waals surface area contributed by atoms with E-state index in [2.05, 4.69) is 29.2 Å². The molecule has 28 heavy (non-hydrogen) atoms. The second-order valence-corrected chi connectivity index (χ2v) is 7.39. The van der Waals surface area contributed by atoms with E-state index in [1.165, 1.54) is 5.56 Å². The van der Waals surface area contributed by atoms with Crippen LogP contribution in [0.3, 0.4) is 0 Å².